The second-order valence-electron chi connectivity index (χ2n) is 6.78. The minimum atomic E-state index is -0.140. The van der Waals surface area contributed by atoms with Crippen LogP contribution < -0.4 is 0 Å². The fourth-order valence-electron chi connectivity index (χ4n) is 2.72. The van der Waals surface area contributed by atoms with Crippen LogP contribution in [0.2, 0.25) is 0 Å². The number of rotatable bonds is 4. The summed E-state index contributed by atoms with van der Waals surface area (Å²) in [7, 11) is 0. The third-order valence-corrected chi connectivity index (χ3v) is 5.44. The van der Waals surface area contributed by atoms with Crippen LogP contribution in [0.4, 0.5) is 0 Å². The smallest absolute Gasteiger partial charge is 0.233 e. The van der Waals surface area contributed by atoms with E-state index in [0.717, 1.165) is 23.1 Å². The van der Waals surface area contributed by atoms with E-state index in [2.05, 4.69) is 20.8 Å². The summed E-state index contributed by atoms with van der Waals surface area (Å²) in [4.78, 5) is 14.0. The van der Waals surface area contributed by atoms with Crippen LogP contribution in [0.25, 0.3) is 0 Å². The number of alkyl halides is 1. The number of hydrogen-bond acceptors (Lipinski definition) is 3. The standard InChI is InChI=1S/C17H24ClNO2S/c1-11-8-12(9-13(15(11)21)17(2,3)4)16-19(7-5-6-18)14(20)10-22-16/h8-9,16,21H,5-7,10H2,1-4H3. The number of thioether (sulfide) groups is 1. The maximum Gasteiger partial charge on any atom is 0.233 e. The van der Waals surface area contributed by atoms with Crippen LogP contribution in [0.3, 0.4) is 0 Å². The summed E-state index contributed by atoms with van der Waals surface area (Å²) in [5, 5.41) is 10.4. The zero-order valence-electron chi connectivity index (χ0n) is 13.6. The molecule has 1 atom stereocenters. The highest BCUT2D eigenvalue weighted by Gasteiger charge is 2.33. The monoisotopic (exact) mass is 341 g/mol. The molecule has 22 heavy (non-hydrogen) atoms. The van der Waals surface area contributed by atoms with Crippen LogP contribution in [0, 0.1) is 6.92 Å². The van der Waals surface area contributed by atoms with Crippen molar-refractivity contribution in [3.63, 3.8) is 0 Å². The van der Waals surface area contributed by atoms with Gasteiger partial charge in [-0.3, -0.25) is 4.79 Å². The average molecular weight is 342 g/mol. The number of carbonyl (C=O) groups excluding carboxylic acids is 1. The van der Waals surface area contributed by atoms with Crippen molar-refractivity contribution in [3.05, 3.63) is 28.8 Å². The van der Waals surface area contributed by atoms with Crippen LogP contribution in [0.5, 0.6) is 5.75 Å². The minimum Gasteiger partial charge on any atom is -0.507 e. The van der Waals surface area contributed by atoms with Crippen LogP contribution >= 0.6 is 23.4 Å². The first-order valence-electron chi connectivity index (χ1n) is 7.56. The number of aryl methyl sites for hydroxylation is 1. The number of benzene rings is 1. The lowest BCUT2D eigenvalue weighted by atomic mass is 9.84. The Kier molecular flexibility index (Phi) is 5.33. The number of amides is 1. The first-order chi connectivity index (χ1) is 10.3. The van der Waals surface area contributed by atoms with Crippen molar-refractivity contribution in [2.45, 2.75) is 44.9 Å². The van der Waals surface area contributed by atoms with Crippen LogP contribution in [0.15, 0.2) is 12.1 Å². The fourth-order valence-corrected chi connectivity index (χ4v) is 4.04. The van der Waals surface area contributed by atoms with E-state index in [1.54, 1.807) is 11.8 Å². The number of halogens is 1. The molecule has 1 fully saturated rings. The van der Waals surface area contributed by atoms with Crippen molar-refractivity contribution in [2.75, 3.05) is 18.2 Å². The van der Waals surface area contributed by atoms with E-state index < -0.39 is 0 Å². The number of phenolic OH excluding ortho intramolecular Hbond substituents is 1. The molecule has 0 saturated carbocycles. The number of hydrogen-bond donors (Lipinski definition) is 1. The highest BCUT2D eigenvalue weighted by molar-refractivity contribution is 8.00. The molecule has 0 bridgehead atoms. The van der Waals surface area contributed by atoms with Crippen molar-refractivity contribution in [1.82, 2.24) is 4.90 Å². The molecule has 1 amide bonds. The number of phenols is 1. The Morgan fingerprint density at radius 1 is 1.41 bits per heavy atom. The Labute approximate surface area is 142 Å². The molecule has 0 aliphatic carbocycles. The predicted molar refractivity (Wildman–Crippen MR) is 93.8 cm³/mol. The van der Waals surface area contributed by atoms with Crippen LogP contribution in [-0.2, 0) is 10.2 Å². The van der Waals surface area contributed by atoms with Gasteiger partial charge in [0.25, 0.3) is 0 Å². The first kappa shape index (κ1) is 17.5. The van der Waals surface area contributed by atoms with Gasteiger partial charge in [0.05, 0.1) is 5.75 Å². The predicted octanol–water partition coefficient (Wildman–Crippen LogP) is 4.20. The number of carbonyl (C=O) groups is 1. The lowest BCUT2D eigenvalue weighted by Crippen LogP contribution is -2.29. The molecule has 1 saturated heterocycles. The molecule has 1 aromatic carbocycles. The highest BCUT2D eigenvalue weighted by atomic mass is 35.5. The lowest BCUT2D eigenvalue weighted by molar-refractivity contribution is -0.128. The highest BCUT2D eigenvalue weighted by Crippen LogP contribution is 2.42. The number of aromatic hydroxyl groups is 1. The molecule has 1 aliphatic rings. The normalized spacial score (nSPS) is 19.0. The number of nitrogens with zero attached hydrogens (tertiary/aromatic N) is 1. The molecule has 1 aliphatic heterocycles. The zero-order chi connectivity index (χ0) is 16.5. The topological polar surface area (TPSA) is 40.5 Å². The van der Waals surface area contributed by atoms with Crippen molar-refractivity contribution in [1.29, 1.82) is 0 Å². The van der Waals surface area contributed by atoms with Crippen molar-refractivity contribution in [2.24, 2.45) is 0 Å². The molecule has 122 valence electrons. The molecule has 2 rings (SSSR count). The summed E-state index contributed by atoms with van der Waals surface area (Å²) in [6.45, 7) is 8.86. The molecule has 0 aromatic heterocycles. The van der Waals surface area contributed by atoms with Gasteiger partial charge in [0, 0.05) is 12.4 Å². The molecule has 1 N–H and O–H groups in total. The van der Waals surface area contributed by atoms with E-state index >= 15 is 0 Å². The quantitative estimate of drug-likeness (QED) is 0.834. The second-order valence-corrected chi connectivity index (χ2v) is 8.22. The van der Waals surface area contributed by atoms with Gasteiger partial charge in [0.1, 0.15) is 11.1 Å². The summed E-state index contributed by atoms with van der Waals surface area (Å²) >= 11 is 7.42. The van der Waals surface area contributed by atoms with Gasteiger partial charge in [-0.1, -0.05) is 20.8 Å². The second kappa shape index (κ2) is 6.71. The van der Waals surface area contributed by atoms with Gasteiger partial charge in [0.15, 0.2) is 0 Å². The molecule has 5 heteroatoms. The van der Waals surface area contributed by atoms with Crippen LogP contribution in [-0.4, -0.2) is 34.1 Å². The van der Waals surface area contributed by atoms with Gasteiger partial charge >= 0.3 is 0 Å². The van der Waals surface area contributed by atoms with Crippen molar-refractivity contribution >= 4 is 29.3 Å². The summed E-state index contributed by atoms with van der Waals surface area (Å²) in [5.41, 5.74) is 2.74. The first-order valence-corrected chi connectivity index (χ1v) is 9.15. The maximum absolute atomic E-state index is 12.1. The summed E-state index contributed by atoms with van der Waals surface area (Å²) < 4.78 is 0. The Hall–Kier alpha value is -0.870. The largest absolute Gasteiger partial charge is 0.507 e. The Morgan fingerprint density at radius 2 is 2.09 bits per heavy atom. The lowest BCUT2D eigenvalue weighted by Gasteiger charge is -2.27. The Balaban J connectivity index is 2.39. The van der Waals surface area contributed by atoms with E-state index in [-0.39, 0.29) is 16.7 Å². The van der Waals surface area contributed by atoms with Crippen molar-refractivity contribution < 1.29 is 9.90 Å². The SMILES string of the molecule is Cc1cc(C2SCC(=O)N2CCCCl)cc(C(C)(C)C)c1O. The van der Waals surface area contributed by atoms with Gasteiger partial charge in [-0.25, -0.2) is 0 Å². The Bertz CT molecular complexity index is 569. The van der Waals surface area contributed by atoms with E-state index in [4.69, 9.17) is 11.6 Å². The fraction of sp³-hybridized carbons (Fsp3) is 0.588. The van der Waals surface area contributed by atoms with E-state index in [0.29, 0.717) is 23.9 Å². The van der Waals surface area contributed by atoms with E-state index in [1.807, 2.05) is 24.0 Å². The molecule has 1 aromatic rings. The van der Waals surface area contributed by atoms with Gasteiger partial charge < -0.3 is 10.0 Å². The molecule has 1 heterocycles. The van der Waals surface area contributed by atoms with Gasteiger partial charge in [-0.05, 0) is 47.6 Å². The van der Waals surface area contributed by atoms with Crippen molar-refractivity contribution in [3.8, 4) is 5.75 Å². The molecule has 1 unspecified atom stereocenters. The molecule has 0 radical (unpaired) electrons. The minimum absolute atomic E-state index is 0.0242. The average Bonchev–Trinajstić information content (AvgIpc) is 2.79. The molecular formula is C17H24ClNO2S. The third-order valence-electron chi connectivity index (χ3n) is 3.92. The molecular weight excluding hydrogens is 318 g/mol. The maximum atomic E-state index is 12.1. The van der Waals surface area contributed by atoms with E-state index in [1.165, 1.54) is 0 Å². The summed E-state index contributed by atoms with van der Waals surface area (Å²) in [5.74, 6) is 1.60. The zero-order valence-corrected chi connectivity index (χ0v) is 15.2. The summed E-state index contributed by atoms with van der Waals surface area (Å²) in [6, 6.07) is 4.04. The van der Waals surface area contributed by atoms with Gasteiger partial charge in [0.2, 0.25) is 5.91 Å². The van der Waals surface area contributed by atoms with Crippen LogP contribution in [0.1, 0.15) is 49.3 Å². The third kappa shape index (κ3) is 3.54. The Morgan fingerprint density at radius 3 is 2.68 bits per heavy atom. The van der Waals surface area contributed by atoms with Gasteiger partial charge in [-0.2, -0.15) is 0 Å². The van der Waals surface area contributed by atoms with Gasteiger partial charge in [-0.15, -0.1) is 23.4 Å². The molecule has 3 nitrogen and oxygen atoms in total. The van der Waals surface area contributed by atoms with E-state index in [9.17, 15) is 9.90 Å². The summed E-state index contributed by atoms with van der Waals surface area (Å²) in [6.07, 6.45) is 0.799. The molecule has 0 spiro atoms.